The van der Waals surface area contributed by atoms with Crippen molar-refractivity contribution >= 4 is 11.0 Å². The third-order valence-electron chi connectivity index (χ3n) is 3.13. The van der Waals surface area contributed by atoms with Crippen LogP contribution in [-0.2, 0) is 6.42 Å². The summed E-state index contributed by atoms with van der Waals surface area (Å²) in [4.78, 5) is 9.96. The molecule has 0 aromatic carbocycles. The first kappa shape index (κ1) is 11.1. The summed E-state index contributed by atoms with van der Waals surface area (Å²) >= 11 is 0. The van der Waals surface area contributed by atoms with Crippen molar-refractivity contribution in [1.82, 2.24) is 14.9 Å². The van der Waals surface area contributed by atoms with E-state index < -0.39 is 0 Å². The summed E-state index contributed by atoms with van der Waals surface area (Å²) in [6.07, 6.45) is 5.00. The number of hydrogen-bond donors (Lipinski definition) is 1. The zero-order chi connectivity index (χ0) is 11.4. The van der Waals surface area contributed by atoms with E-state index in [0.717, 1.165) is 31.7 Å². The van der Waals surface area contributed by atoms with Gasteiger partial charge in [-0.25, -0.2) is 4.98 Å². The maximum Gasteiger partial charge on any atom is 0.137 e. The molecule has 0 saturated carbocycles. The quantitative estimate of drug-likeness (QED) is 0.834. The Balaban J connectivity index is 2.09. The topological polar surface area (TPSA) is 31.9 Å². The van der Waals surface area contributed by atoms with E-state index in [1.165, 1.54) is 10.9 Å². The van der Waals surface area contributed by atoms with Crippen LogP contribution in [0.15, 0.2) is 24.5 Å². The molecule has 0 spiro atoms. The Labute approximate surface area is 96.5 Å². The third kappa shape index (κ3) is 2.25. The van der Waals surface area contributed by atoms with Crippen molar-refractivity contribution in [3.8, 4) is 0 Å². The molecule has 0 amide bonds. The molecule has 0 saturated heterocycles. The number of fused-ring (bicyclic) bond motifs is 1. The summed E-state index contributed by atoms with van der Waals surface area (Å²) in [6.45, 7) is 7.78. The molecule has 0 bridgehead atoms. The average Bonchev–Trinajstić information content (AvgIpc) is 2.74. The van der Waals surface area contributed by atoms with Gasteiger partial charge in [-0.2, -0.15) is 0 Å². The molecule has 86 valence electrons. The summed E-state index contributed by atoms with van der Waals surface area (Å²) in [6, 6.07) is 4.13. The Hall–Kier alpha value is -1.35. The van der Waals surface area contributed by atoms with E-state index in [-0.39, 0.29) is 0 Å². The van der Waals surface area contributed by atoms with E-state index in [0.29, 0.717) is 0 Å². The van der Waals surface area contributed by atoms with Crippen molar-refractivity contribution in [2.45, 2.75) is 20.3 Å². The van der Waals surface area contributed by atoms with Crippen LogP contribution in [0.4, 0.5) is 0 Å². The Bertz CT molecular complexity index is 443. The molecule has 0 fully saturated rings. The van der Waals surface area contributed by atoms with E-state index in [2.05, 4.69) is 41.0 Å². The van der Waals surface area contributed by atoms with E-state index in [1.54, 1.807) is 0 Å². The number of aromatic amines is 1. The number of nitrogens with one attached hydrogen (secondary N) is 1. The number of likely N-dealkylation sites (N-methyl/N-ethyl adjacent to an activating group) is 1. The first-order chi connectivity index (χ1) is 7.85. The highest BCUT2D eigenvalue weighted by Crippen LogP contribution is 2.16. The van der Waals surface area contributed by atoms with Crippen LogP contribution in [0.1, 0.15) is 19.4 Å². The number of H-pyrrole nitrogens is 1. The molecule has 0 unspecified atom stereocenters. The van der Waals surface area contributed by atoms with Crippen molar-refractivity contribution < 1.29 is 0 Å². The van der Waals surface area contributed by atoms with Crippen LogP contribution in [0.3, 0.4) is 0 Å². The van der Waals surface area contributed by atoms with Crippen LogP contribution in [-0.4, -0.2) is 34.5 Å². The highest BCUT2D eigenvalue weighted by Gasteiger charge is 2.05. The van der Waals surface area contributed by atoms with Gasteiger partial charge in [-0.15, -0.1) is 0 Å². The Kier molecular flexibility index (Phi) is 3.57. The first-order valence-corrected chi connectivity index (χ1v) is 5.98. The molecule has 2 heterocycles. The monoisotopic (exact) mass is 217 g/mol. The van der Waals surface area contributed by atoms with Crippen molar-refractivity contribution in [2.75, 3.05) is 19.6 Å². The largest absolute Gasteiger partial charge is 0.346 e. The van der Waals surface area contributed by atoms with Crippen LogP contribution < -0.4 is 0 Å². The number of aromatic nitrogens is 2. The Morgan fingerprint density at radius 3 is 2.88 bits per heavy atom. The third-order valence-corrected chi connectivity index (χ3v) is 3.13. The minimum absolute atomic E-state index is 0.997. The van der Waals surface area contributed by atoms with Gasteiger partial charge < -0.3 is 9.88 Å². The van der Waals surface area contributed by atoms with Crippen LogP contribution in [0.25, 0.3) is 11.0 Å². The molecule has 0 aliphatic carbocycles. The second kappa shape index (κ2) is 5.12. The molecular weight excluding hydrogens is 198 g/mol. The van der Waals surface area contributed by atoms with Gasteiger partial charge in [0, 0.05) is 24.3 Å². The fourth-order valence-electron chi connectivity index (χ4n) is 2.04. The Morgan fingerprint density at radius 2 is 2.12 bits per heavy atom. The molecule has 3 heteroatoms. The van der Waals surface area contributed by atoms with Crippen molar-refractivity contribution in [3.05, 3.63) is 30.1 Å². The molecule has 0 aliphatic rings. The average molecular weight is 217 g/mol. The maximum absolute atomic E-state index is 4.30. The SMILES string of the molecule is CCN(CC)CCc1c[nH]c2ncccc12. The van der Waals surface area contributed by atoms with Gasteiger partial charge in [0.2, 0.25) is 0 Å². The lowest BCUT2D eigenvalue weighted by atomic mass is 10.1. The van der Waals surface area contributed by atoms with Crippen LogP contribution >= 0.6 is 0 Å². The number of hydrogen-bond acceptors (Lipinski definition) is 2. The zero-order valence-corrected chi connectivity index (χ0v) is 10.0. The highest BCUT2D eigenvalue weighted by atomic mass is 15.1. The summed E-state index contributed by atoms with van der Waals surface area (Å²) < 4.78 is 0. The lowest BCUT2D eigenvalue weighted by Crippen LogP contribution is -2.25. The number of pyridine rings is 1. The van der Waals surface area contributed by atoms with Gasteiger partial charge in [-0.1, -0.05) is 13.8 Å². The molecule has 0 aliphatic heterocycles. The second-order valence-corrected chi connectivity index (χ2v) is 3.99. The summed E-state index contributed by atoms with van der Waals surface area (Å²) in [5.74, 6) is 0. The lowest BCUT2D eigenvalue weighted by molar-refractivity contribution is 0.308. The minimum Gasteiger partial charge on any atom is -0.346 e. The zero-order valence-electron chi connectivity index (χ0n) is 10.0. The molecule has 0 radical (unpaired) electrons. The fraction of sp³-hybridized carbons (Fsp3) is 0.462. The smallest absolute Gasteiger partial charge is 0.137 e. The van der Waals surface area contributed by atoms with Crippen LogP contribution in [0, 0.1) is 0 Å². The molecule has 3 nitrogen and oxygen atoms in total. The molecule has 16 heavy (non-hydrogen) atoms. The van der Waals surface area contributed by atoms with E-state index in [1.807, 2.05) is 12.3 Å². The fourth-order valence-corrected chi connectivity index (χ4v) is 2.04. The van der Waals surface area contributed by atoms with E-state index in [9.17, 15) is 0 Å². The minimum atomic E-state index is 0.997. The summed E-state index contributed by atoms with van der Waals surface area (Å²) in [5.41, 5.74) is 2.37. The maximum atomic E-state index is 4.30. The first-order valence-electron chi connectivity index (χ1n) is 5.98. The summed E-state index contributed by atoms with van der Waals surface area (Å²) in [5, 5.41) is 1.26. The van der Waals surface area contributed by atoms with Gasteiger partial charge in [0.15, 0.2) is 0 Å². The van der Waals surface area contributed by atoms with E-state index >= 15 is 0 Å². The molecule has 2 rings (SSSR count). The normalized spacial score (nSPS) is 11.4. The predicted octanol–water partition coefficient (Wildman–Crippen LogP) is 2.45. The molecule has 0 atom stereocenters. The van der Waals surface area contributed by atoms with Gasteiger partial charge in [0.1, 0.15) is 5.65 Å². The van der Waals surface area contributed by atoms with Gasteiger partial charge in [0.25, 0.3) is 0 Å². The van der Waals surface area contributed by atoms with Gasteiger partial charge in [-0.05, 0) is 37.2 Å². The Morgan fingerprint density at radius 1 is 1.31 bits per heavy atom. The number of nitrogens with zero attached hydrogens (tertiary/aromatic N) is 2. The lowest BCUT2D eigenvalue weighted by Gasteiger charge is -2.17. The predicted molar refractivity (Wildman–Crippen MR) is 67.6 cm³/mol. The van der Waals surface area contributed by atoms with Crippen LogP contribution in [0.2, 0.25) is 0 Å². The highest BCUT2D eigenvalue weighted by molar-refractivity contribution is 5.79. The molecule has 2 aromatic heterocycles. The van der Waals surface area contributed by atoms with Crippen molar-refractivity contribution in [1.29, 1.82) is 0 Å². The second-order valence-electron chi connectivity index (χ2n) is 3.99. The van der Waals surface area contributed by atoms with Crippen molar-refractivity contribution in [3.63, 3.8) is 0 Å². The molecule has 1 N–H and O–H groups in total. The summed E-state index contributed by atoms with van der Waals surface area (Å²) in [7, 11) is 0. The van der Waals surface area contributed by atoms with Gasteiger partial charge >= 0.3 is 0 Å². The number of rotatable bonds is 5. The van der Waals surface area contributed by atoms with Gasteiger partial charge in [-0.3, -0.25) is 0 Å². The molecular formula is C13H19N3. The van der Waals surface area contributed by atoms with Gasteiger partial charge in [0.05, 0.1) is 0 Å². The standard InChI is InChI=1S/C13H19N3/c1-3-16(4-2)9-7-11-10-15-13-12(11)6-5-8-14-13/h5-6,8,10H,3-4,7,9H2,1-2H3,(H,14,15). The van der Waals surface area contributed by atoms with Crippen molar-refractivity contribution in [2.24, 2.45) is 0 Å². The molecule has 2 aromatic rings. The van der Waals surface area contributed by atoms with E-state index in [4.69, 9.17) is 0 Å². The van der Waals surface area contributed by atoms with Crippen LogP contribution in [0.5, 0.6) is 0 Å².